The zero-order chi connectivity index (χ0) is 12.2. The Morgan fingerprint density at radius 1 is 1.44 bits per heavy atom. The summed E-state index contributed by atoms with van der Waals surface area (Å²) < 4.78 is 5.46. The van der Waals surface area contributed by atoms with Crippen LogP contribution >= 0.6 is 0 Å². The van der Waals surface area contributed by atoms with Gasteiger partial charge in [0.25, 0.3) is 0 Å². The maximum Gasteiger partial charge on any atom is 0.0638 e. The van der Waals surface area contributed by atoms with Crippen molar-refractivity contribution < 1.29 is 4.74 Å². The van der Waals surface area contributed by atoms with Crippen LogP contribution in [0.1, 0.15) is 46.5 Å². The van der Waals surface area contributed by atoms with Gasteiger partial charge in [0, 0.05) is 25.7 Å². The number of rotatable bonds is 6. The van der Waals surface area contributed by atoms with Crippen LogP contribution < -0.4 is 11.1 Å². The van der Waals surface area contributed by atoms with Crippen molar-refractivity contribution in [1.82, 2.24) is 5.32 Å². The van der Waals surface area contributed by atoms with Crippen LogP contribution in [-0.4, -0.2) is 31.3 Å². The SMILES string of the molecule is COC(C)(C)CC(CN)NC1CCC(C)C1. The molecule has 3 heteroatoms. The molecule has 3 nitrogen and oxygen atoms in total. The Bertz CT molecular complexity index is 206. The highest BCUT2D eigenvalue weighted by Crippen LogP contribution is 2.26. The summed E-state index contributed by atoms with van der Waals surface area (Å²) in [5, 5.41) is 3.68. The van der Waals surface area contributed by atoms with Gasteiger partial charge in [0.15, 0.2) is 0 Å². The van der Waals surface area contributed by atoms with Gasteiger partial charge < -0.3 is 15.8 Å². The summed E-state index contributed by atoms with van der Waals surface area (Å²) >= 11 is 0. The van der Waals surface area contributed by atoms with Gasteiger partial charge in [-0.05, 0) is 45.4 Å². The van der Waals surface area contributed by atoms with E-state index in [-0.39, 0.29) is 5.60 Å². The molecule has 1 aliphatic carbocycles. The van der Waals surface area contributed by atoms with Crippen molar-refractivity contribution in [2.24, 2.45) is 11.7 Å². The fourth-order valence-electron chi connectivity index (χ4n) is 2.58. The van der Waals surface area contributed by atoms with Gasteiger partial charge in [-0.15, -0.1) is 0 Å². The van der Waals surface area contributed by atoms with E-state index in [0.717, 1.165) is 12.3 Å². The van der Waals surface area contributed by atoms with E-state index in [4.69, 9.17) is 10.5 Å². The van der Waals surface area contributed by atoms with Crippen molar-refractivity contribution in [3.05, 3.63) is 0 Å². The van der Waals surface area contributed by atoms with Crippen molar-refractivity contribution in [2.45, 2.75) is 64.1 Å². The third-order valence-corrected chi connectivity index (χ3v) is 3.74. The molecule has 0 radical (unpaired) electrons. The Labute approximate surface area is 100 Å². The molecule has 3 N–H and O–H groups in total. The predicted octanol–water partition coefficient (Wildman–Crippen LogP) is 1.91. The zero-order valence-corrected chi connectivity index (χ0v) is 11.3. The van der Waals surface area contributed by atoms with Crippen LogP contribution in [0, 0.1) is 5.92 Å². The molecule has 0 heterocycles. The molecule has 0 aromatic heterocycles. The molecule has 1 rings (SSSR count). The molecule has 0 aliphatic heterocycles. The standard InChI is InChI=1S/C13H28N2O/c1-10-5-6-11(7-10)15-12(9-14)8-13(2,3)16-4/h10-12,15H,5-9,14H2,1-4H3. The zero-order valence-electron chi connectivity index (χ0n) is 11.3. The molecule has 3 atom stereocenters. The topological polar surface area (TPSA) is 47.3 Å². The lowest BCUT2D eigenvalue weighted by molar-refractivity contribution is 0.00688. The fourth-order valence-corrected chi connectivity index (χ4v) is 2.58. The molecule has 1 fully saturated rings. The van der Waals surface area contributed by atoms with E-state index in [9.17, 15) is 0 Å². The molecule has 0 aromatic rings. The lowest BCUT2D eigenvalue weighted by Gasteiger charge is -2.30. The first kappa shape index (κ1) is 13.9. The second kappa shape index (κ2) is 5.99. The summed E-state index contributed by atoms with van der Waals surface area (Å²) in [5.41, 5.74) is 5.75. The van der Waals surface area contributed by atoms with Gasteiger partial charge in [0.1, 0.15) is 0 Å². The van der Waals surface area contributed by atoms with E-state index in [1.54, 1.807) is 7.11 Å². The molecule has 0 amide bonds. The van der Waals surface area contributed by atoms with Crippen LogP contribution in [-0.2, 0) is 4.74 Å². The van der Waals surface area contributed by atoms with Crippen LogP contribution in [0.3, 0.4) is 0 Å². The second-order valence-corrected chi connectivity index (χ2v) is 5.88. The molecule has 1 aliphatic rings. The first-order valence-corrected chi connectivity index (χ1v) is 6.48. The van der Waals surface area contributed by atoms with Crippen molar-refractivity contribution in [3.63, 3.8) is 0 Å². The molecule has 3 unspecified atom stereocenters. The molecule has 0 bridgehead atoms. The summed E-state index contributed by atoms with van der Waals surface area (Å²) in [4.78, 5) is 0. The fraction of sp³-hybridized carbons (Fsp3) is 1.00. The van der Waals surface area contributed by atoms with Gasteiger partial charge in [0.05, 0.1) is 5.60 Å². The van der Waals surface area contributed by atoms with Crippen LogP contribution in [0.4, 0.5) is 0 Å². The molecule has 0 aromatic carbocycles. The Balaban J connectivity index is 2.37. The van der Waals surface area contributed by atoms with Gasteiger partial charge >= 0.3 is 0 Å². The molecule has 96 valence electrons. The van der Waals surface area contributed by atoms with E-state index in [2.05, 4.69) is 26.1 Å². The largest absolute Gasteiger partial charge is 0.379 e. The van der Waals surface area contributed by atoms with E-state index in [1.807, 2.05) is 0 Å². The van der Waals surface area contributed by atoms with Crippen LogP contribution in [0.15, 0.2) is 0 Å². The Morgan fingerprint density at radius 3 is 2.56 bits per heavy atom. The minimum absolute atomic E-state index is 0.0821. The summed E-state index contributed by atoms with van der Waals surface area (Å²) in [6.07, 6.45) is 4.92. The Morgan fingerprint density at radius 2 is 2.12 bits per heavy atom. The minimum Gasteiger partial charge on any atom is -0.379 e. The van der Waals surface area contributed by atoms with Gasteiger partial charge in [-0.3, -0.25) is 0 Å². The lowest BCUT2D eigenvalue weighted by atomic mass is 9.98. The highest BCUT2D eigenvalue weighted by Gasteiger charge is 2.27. The number of hydrogen-bond acceptors (Lipinski definition) is 3. The Kier molecular flexibility index (Phi) is 5.22. The van der Waals surface area contributed by atoms with Crippen molar-refractivity contribution in [1.29, 1.82) is 0 Å². The normalized spacial score (nSPS) is 28.3. The summed E-state index contributed by atoms with van der Waals surface area (Å²) in [6.45, 7) is 7.26. The van der Waals surface area contributed by atoms with Crippen LogP contribution in [0.2, 0.25) is 0 Å². The molecule has 1 saturated carbocycles. The smallest absolute Gasteiger partial charge is 0.0638 e. The van der Waals surface area contributed by atoms with Crippen molar-refractivity contribution in [2.75, 3.05) is 13.7 Å². The minimum atomic E-state index is -0.0821. The number of ether oxygens (including phenoxy) is 1. The average Bonchev–Trinajstić information content (AvgIpc) is 2.63. The quantitative estimate of drug-likeness (QED) is 0.730. The third kappa shape index (κ3) is 4.40. The van der Waals surface area contributed by atoms with Crippen molar-refractivity contribution in [3.8, 4) is 0 Å². The van der Waals surface area contributed by atoms with Gasteiger partial charge in [-0.2, -0.15) is 0 Å². The summed E-state index contributed by atoms with van der Waals surface area (Å²) in [5.74, 6) is 0.867. The number of hydrogen-bond donors (Lipinski definition) is 2. The summed E-state index contributed by atoms with van der Waals surface area (Å²) in [7, 11) is 1.77. The van der Waals surface area contributed by atoms with Crippen molar-refractivity contribution >= 4 is 0 Å². The molecule has 0 spiro atoms. The first-order valence-electron chi connectivity index (χ1n) is 6.48. The maximum atomic E-state index is 5.83. The number of nitrogens with one attached hydrogen (secondary N) is 1. The highest BCUT2D eigenvalue weighted by atomic mass is 16.5. The average molecular weight is 228 g/mol. The predicted molar refractivity (Wildman–Crippen MR) is 68.5 cm³/mol. The number of nitrogens with two attached hydrogens (primary N) is 1. The monoisotopic (exact) mass is 228 g/mol. The molecular formula is C13H28N2O. The van der Waals surface area contributed by atoms with Gasteiger partial charge in [0.2, 0.25) is 0 Å². The Hall–Kier alpha value is -0.120. The summed E-state index contributed by atoms with van der Waals surface area (Å²) in [6, 6.07) is 1.04. The molecular weight excluding hydrogens is 200 g/mol. The van der Waals surface area contributed by atoms with Crippen LogP contribution in [0.25, 0.3) is 0 Å². The lowest BCUT2D eigenvalue weighted by Crippen LogP contribution is -2.46. The first-order chi connectivity index (χ1) is 7.46. The van der Waals surface area contributed by atoms with E-state index in [0.29, 0.717) is 18.6 Å². The molecule has 16 heavy (non-hydrogen) atoms. The van der Waals surface area contributed by atoms with E-state index >= 15 is 0 Å². The maximum absolute atomic E-state index is 5.83. The van der Waals surface area contributed by atoms with E-state index in [1.165, 1.54) is 19.3 Å². The van der Waals surface area contributed by atoms with E-state index < -0.39 is 0 Å². The number of methoxy groups -OCH3 is 1. The van der Waals surface area contributed by atoms with Gasteiger partial charge in [-0.25, -0.2) is 0 Å². The van der Waals surface area contributed by atoms with Gasteiger partial charge in [-0.1, -0.05) is 6.92 Å². The molecule has 0 saturated heterocycles. The third-order valence-electron chi connectivity index (χ3n) is 3.74. The highest BCUT2D eigenvalue weighted by molar-refractivity contribution is 4.85. The van der Waals surface area contributed by atoms with Crippen LogP contribution in [0.5, 0.6) is 0 Å². The second-order valence-electron chi connectivity index (χ2n) is 5.88.